The van der Waals surface area contributed by atoms with Gasteiger partial charge in [-0.2, -0.15) is 4.98 Å². The highest BCUT2D eigenvalue weighted by molar-refractivity contribution is 8.00. The van der Waals surface area contributed by atoms with Crippen molar-refractivity contribution in [1.82, 2.24) is 19.9 Å². The highest BCUT2D eigenvalue weighted by Gasteiger charge is 2.24. The van der Waals surface area contributed by atoms with Crippen molar-refractivity contribution >= 4 is 17.7 Å². The third-order valence-electron chi connectivity index (χ3n) is 3.88. The van der Waals surface area contributed by atoms with E-state index in [9.17, 15) is 4.79 Å². The van der Waals surface area contributed by atoms with Crippen molar-refractivity contribution < 1.29 is 14.3 Å². The number of aromatic nitrogens is 3. The molecule has 1 fully saturated rings. The molecule has 0 aromatic carbocycles. The summed E-state index contributed by atoms with van der Waals surface area (Å²) < 4.78 is 10.9. The number of rotatable bonds is 6. The average molecular weight is 360 g/mol. The van der Waals surface area contributed by atoms with Crippen LogP contribution in [0.5, 0.6) is 11.9 Å². The summed E-state index contributed by atoms with van der Waals surface area (Å²) in [4.78, 5) is 27.4. The minimum absolute atomic E-state index is 0.0523. The van der Waals surface area contributed by atoms with Crippen LogP contribution in [0.25, 0.3) is 0 Å². The van der Waals surface area contributed by atoms with Crippen LogP contribution in [0.3, 0.4) is 0 Å². The van der Waals surface area contributed by atoms with Crippen LogP contribution in [0.2, 0.25) is 0 Å². The van der Waals surface area contributed by atoms with Gasteiger partial charge in [0.1, 0.15) is 6.10 Å². The standard InChI is InChI=1S/C17H20N4O3S/c1-23-17-19-9-4-15(20-17)24-13-5-10-21(11-6-13)16(22)12-25-14-2-7-18-8-3-14/h2-4,7-9,13H,5-6,10-12H2,1H3. The molecule has 1 aliphatic rings. The topological polar surface area (TPSA) is 77.4 Å². The van der Waals surface area contributed by atoms with Gasteiger partial charge in [0.25, 0.3) is 0 Å². The van der Waals surface area contributed by atoms with E-state index in [2.05, 4.69) is 15.0 Å². The molecule has 1 amide bonds. The Morgan fingerprint density at radius 3 is 2.72 bits per heavy atom. The number of nitrogens with zero attached hydrogens (tertiary/aromatic N) is 4. The summed E-state index contributed by atoms with van der Waals surface area (Å²) in [6.45, 7) is 1.39. The van der Waals surface area contributed by atoms with Gasteiger partial charge < -0.3 is 14.4 Å². The molecule has 0 saturated carbocycles. The molecule has 1 saturated heterocycles. The molecule has 0 unspecified atom stereocenters. The van der Waals surface area contributed by atoms with Crippen molar-refractivity contribution in [2.45, 2.75) is 23.8 Å². The lowest BCUT2D eigenvalue weighted by Crippen LogP contribution is -2.42. The van der Waals surface area contributed by atoms with E-state index in [4.69, 9.17) is 9.47 Å². The highest BCUT2D eigenvalue weighted by atomic mass is 32.2. The first-order valence-corrected chi connectivity index (χ1v) is 9.07. The number of methoxy groups -OCH3 is 1. The lowest BCUT2D eigenvalue weighted by Gasteiger charge is -2.31. The minimum atomic E-state index is 0.0523. The Balaban J connectivity index is 1.44. The van der Waals surface area contributed by atoms with E-state index in [0.29, 0.717) is 30.7 Å². The highest BCUT2D eigenvalue weighted by Crippen LogP contribution is 2.21. The van der Waals surface area contributed by atoms with Crippen molar-refractivity contribution in [2.75, 3.05) is 26.0 Å². The fraction of sp³-hybridized carbons (Fsp3) is 0.412. The summed E-state index contributed by atoms with van der Waals surface area (Å²) in [5, 5.41) is 0. The molecule has 3 heterocycles. The summed E-state index contributed by atoms with van der Waals surface area (Å²) >= 11 is 1.54. The normalized spacial score (nSPS) is 15.0. The van der Waals surface area contributed by atoms with Gasteiger partial charge in [-0.15, -0.1) is 11.8 Å². The molecule has 2 aromatic heterocycles. The van der Waals surface area contributed by atoms with Crippen molar-refractivity contribution in [3.05, 3.63) is 36.8 Å². The SMILES string of the molecule is COc1nccc(OC2CCN(C(=O)CSc3ccncc3)CC2)n1. The molecule has 2 aromatic rings. The number of carbonyl (C=O) groups excluding carboxylic acids is 1. The molecular weight excluding hydrogens is 340 g/mol. The van der Waals surface area contributed by atoms with Crippen molar-refractivity contribution in [1.29, 1.82) is 0 Å². The van der Waals surface area contributed by atoms with Gasteiger partial charge in [-0.25, -0.2) is 4.98 Å². The van der Waals surface area contributed by atoms with Crippen LogP contribution in [0, 0.1) is 0 Å². The lowest BCUT2D eigenvalue weighted by molar-refractivity contribution is -0.130. The molecule has 0 atom stereocenters. The number of carbonyl (C=O) groups is 1. The Labute approximate surface area is 150 Å². The fourth-order valence-electron chi connectivity index (χ4n) is 2.55. The first kappa shape index (κ1) is 17.5. The average Bonchev–Trinajstić information content (AvgIpc) is 2.67. The van der Waals surface area contributed by atoms with Crippen LogP contribution in [-0.2, 0) is 4.79 Å². The summed E-state index contributed by atoms with van der Waals surface area (Å²) in [6, 6.07) is 5.83. The number of thioether (sulfide) groups is 1. The lowest BCUT2D eigenvalue weighted by atomic mass is 10.1. The van der Waals surface area contributed by atoms with Gasteiger partial charge in [-0.05, 0) is 12.1 Å². The molecule has 8 heteroatoms. The molecule has 0 bridgehead atoms. The second kappa shape index (κ2) is 8.66. The molecule has 3 rings (SSSR count). The minimum Gasteiger partial charge on any atom is -0.474 e. The Hall–Kier alpha value is -2.35. The number of likely N-dealkylation sites (tertiary alicyclic amines) is 1. The van der Waals surface area contributed by atoms with E-state index in [1.807, 2.05) is 17.0 Å². The number of ether oxygens (including phenoxy) is 2. The van der Waals surface area contributed by atoms with Crippen molar-refractivity contribution in [3.63, 3.8) is 0 Å². The van der Waals surface area contributed by atoms with E-state index in [1.54, 1.807) is 24.7 Å². The smallest absolute Gasteiger partial charge is 0.319 e. The first-order valence-electron chi connectivity index (χ1n) is 8.09. The quantitative estimate of drug-likeness (QED) is 0.730. The number of amides is 1. The predicted molar refractivity (Wildman–Crippen MR) is 93.8 cm³/mol. The van der Waals surface area contributed by atoms with Crippen LogP contribution in [0.1, 0.15) is 12.8 Å². The van der Waals surface area contributed by atoms with Gasteiger partial charge in [0.2, 0.25) is 11.8 Å². The van der Waals surface area contributed by atoms with Gasteiger partial charge in [0.05, 0.1) is 12.9 Å². The van der Waals surface area contributed by atoms with Crippen LogP contribution >= 0.6 is 11.8 Å². The first-order chi connectivity index (χ1) is 12.2. The number of piperidine rings is 1. The van der Waals surface area contributed by atoms with Gasteiger partial charge in [0.15, 0.2) is 0 Å². The maximum Gasteiger partial charge on any atom is 0.319 e. The van der Waals surface area contributed by atoms with E-state index < -0.39 is 0 Å². The van der Waals surface area contributed by atoms with Gasteiger partial charge >= 0.3 is 6.01 Å². The van der Waals surface area contributed by atoms with Crippen LogP contribution in [0.4, 0.5) is 0 Å². The van der Waals surface area contributed by atoms with Crippen LogP contribution < -0.4 is 9.47 Å². The third kappa shape index (κ3) is 5.06. The largest absolute Gasteiger partial charge is 0.474 e. The van der Waals surface area contributed by atoms with Gasteiger partial charge in [-0.1, -0.05) is 0 Å². The molecular formula is C17H20N4O3S. The zero-order valence-corrected chi connectivity index (χ0v) is 14.8. The van der Waals surface area contributed by atoms with Gasteiger partial charge in [0, 0.05) is 55.5 Å². The summed E-state index contributed by atoms with van der Waals surface area (Å²) in [6.07, 6.45) is 6.71. The number of hydrogen-bond acceptors (Lipinski definition) is 7. The second-order valence-electron chi connectivity index (χ2n) is 5.55. The maximum atomic E-state index is 12.3. The summed E-state index contributed by atoms with van der Waals surface area (Å²) in [5.41, 5.74) is 0. The second-order valence-corrected chi connectivity index (χ2v) is 6.60. The Bertz CT molecular complexity index is 693. The Morgan fingerprint density at radius 1 is 1.24 bits per heavy atom. The predicted octanol–water partition coefficient (Wildman–Crippen LogP) is 2.04. The molecule has 7 nitrogen and oxygen atoms in total. The van der Waals surface area contributed by atoms with Crippen molar-refractivity contribution in [2.24, 2.45) is 0 Å². The Kier molecular flexibility index (Phi) is 6.05. The van der Waals surface area contributed by atoms with E-state index >= 15 is 0 Å². The molecule has 0 N–H and O–H groups in total. The van der Waals surface area contributed by atoms with Crippen molar-refractivity contribution in [3.8, 4) is 11.9 Å². The van der Waals surface area contributed by atoms with Crippen LogP contribution in [-0.4, -0.2) is 57.8 Å². The number of pyridine rings is 1. The monoisotopic (exact) mass is 360 g/mol. The molecule has 0 aliphatic carbocycles. The molecule has 1 aliphatic heterocycles. The zero-order valence-electron chi connectivity index (χ0n) is 14.0. The molecule has 0 spiro atoms. The third-order valence-corrected chi connectivity index (χ3v) is 4.88. The van der Waals surface area contributed by atoms with E-state index in [0.717, 1.165) is 17.7 Å². The Morgan fingerprint density at radius 2 is 2.00 bits per heavy atom. The van der Waals surface area contributed by atoms with E-state index in [-0.39, 0.29) is 12.0 Å². The molecule has 25 heavy (non-hydrogen) atoms. The molecule has 0 radical (unpaired) electrons. The van der Waals surface area contributed by atoms with Gasteiger partial charge in [-0.3, -0.25) is 9.78 Å². The zero-order chi connectivity index (χ0) is 17.5. The van der Waals surface area contributed by atoms with Crippen LogP contribution in [0.15, 0.2) is 41.7 Å². The number of hydrogen-bond donors (Lipinski definition) is 0. The summed E-state index contributed by atoms with van der Waals surface area (Å²) in [5.74, 6) is 1.10. The maximum absolute atomic E-state index is 12.3. The summed E-state index contributed by atoms with van der Waals surface area (Å²) in [7, 11) is 1.52. The van der Waals surface area contributed by atoms with E-state index in [1.165, 1.54) is 18.9 Å². The fourth-order valence-corrected chi connectivity index (χ4v) is 3.34. The molecule has 132 valence electrons.